The van der Waals surface area contributed by atoms with Gasteiger partial charge in [-0.25, -0.2) is 13.2 Å². The van der Waals surface area contributed by atoms with E-state index in [1.165, 1.54) is 24.3 Å². The number of hydrogen-bond donors (Lipinski definition) is 1. The Hall–Kier alpha value is -0.550. The van der Waals surface area contributed by atoms with Gasteiger partial charge in [-0.15, -0.1) is 0 Å². The van der Waals surface area contributed by atoms with Crippen molar-refractivity contribution < 1.29 is 13.2 Å². The maximum absolute atomic E-state index is 12.6. The largest absolute Gasteiger partial charge is 0.344 e. The van der Waals surface area contributed by atoms with E-state index in [9.17, 15) is 13.2 Å². The van der Waals surface area contributed by atoms with Crippen molar-refractivity contribution in [1.29, 1.82) is 0 Å². The average Bonchev–Trinajstić information content (AvgIpc) is 2.04. The molecule has 0 aliphatic rings. The van der Waals surface area contributed by atoms with Crippen molar-refractivity contribution >= 4 is 15.9 Å². The molecule has 0 saturated carbocycles. The lowest BCUT2D eigenvalue weighted by atomic mass is 10.1. The van der Waals surface area contributed by atoms with Crippen LogP contribution in [0.15, 0.2) is 28.7 Å². The van der Waals surface area contributed by atoms with Gasteiger partial charge in [-0.3, -0.25) is 0 Å². The lowest BCUT2D eigenvalue weighted by molar-refractivity contribution is 0.0495. The summed E-state index contributed by atoms with van der Waals surface area (Å²) in [6.45, 7) is 0. The zero-order chi connectivity index (χ0) is 9.14. The van der Waals surface area contributed by atoms with Crippen molar-refractivity contribution in [1.82, 2.24) is 6.15 Å². The maximum atomic E-state index is 12.6. The number of hydrogen-bond acceptors (Lipinski definition) is 1. The fourth-order valence-electron chi connectivity index (χ4n) is 0.792. The van der Waals surface area contributed by atoms with Gasteiger partial charge >= 0.3 is 0 Å². The molecular weight excluding hydrogens is 247 g/mol. The molecule has 1 rings (SSSR count). The zero-order valence-electron chi connectivity index (χ0n) is 6.68. The molecule has 0 saturated heterocycles. The Morgan fingerprint density at radius 1 is 1.00 bits per heavy atom. The van der Waals surface area contributed by atoms with E-state index in [1.54, 1.807) is 0 Å². The van der Waals surface area contributed by atoms with Gasteiger partial charge in [0.2, 0.25) is 0 Å². The van der Waals surface area contributed by atoms with Crippen molar-refractivity contribution in [2.75, 3.05) is 0 Å². The minimum atomic E-state index is -2.95. The number of halogens is 4. The molecule has 0 aromatic heterocycles. The van der Waals surface area contributed by atoms with Gasteiger partial charge in [0, 0.05) is 4.47 Å². The zero-order valence-corrected chi connectivity index (χ0v) is 8.27. The molecule has 0 spiro atoms. The molecule has 1 aromatic rings. The minimum Gasteiger partial charge on any atom is -0.344 e. The SMILES string of the molecule is FC(F)[C@H](F)c1ccc(Br)cc1.N. The van der Waals surface area contributed by atoms with Crippen LogP contribution in [0.3, 0.4) is 0 Å². The molecule has 13 heavy (non-hydrogen) atoms. The summed E-state index contributed by atoms with van der Waals surface area (Å²) in [4.78, 5) is 0. The molecule has 3 N–H and O–H groups in total. The average molecular weight is 256 g/mol. The second-order valence-electron chi connectivity index (χ2n) is 2.29. The molecule has 74 valence electrons. The summed E-state index contributed by atoms with van der Waals surface area (Å²) in [6.07, 6.45) is -5.13. The van der Waals surface area contributed by atoms with Crippen LogP contribution in [0.5, 0.6) is 0 Å². The van der Waals surface area contributed by atoms with Gasteiger partial charge in [0.15, 0.2) is 6.17 Å². The fraction of sp³-hybridized carbons (Fsp3) is 0.250. The monoisotopic (exact) mass is 255 g/mol. The van der Waals surface area contributed by atoms with Crippen LogP contribution in [0.4, 0.5) is 13.2 Å². The van der Waals surface area contributed by atoms with E-state index in [1.807, 2.05) is 0 Å². The van der Waals surface area contributed by atoms with Crippen LogP contribution in [-0.2, 0) is 0 Å². The third kappa shape index (κ3) is 3.36. The van der Waals surface area contributed by atoms with Crippen LogP contribution >= 0.6 is 15.9 Å². The van der Waals surface area contributed by atoms with Gasteiger partial charge < -0.3 is 6.15 Å². The first kappa shape index (κ1) is 12.4. The molecule has 0 aliphatic heterocycles. The molecule has 1 aromatic carbocycles. The van der Waals surface area contributed by atoms with Crippen molar-refractivity contribution in [3.05, 3.63) is 34.3 Å². The normalized spacial score (nSPS) is 12.4. The molecule has 0 fully saturated rings. The predicted octanol–water partition coefficient (Wildman–Crippen LogP) is 3.89. The Morgan fingerprint density at radius 2 is 1.46 bits per heavy atom. The second-order valence-corrected chi connectivity index (χ2v) is 3.20. The highest BCUT2D eigenvalue weighted by atomic mass is 79.9. The van der Waals surface area contributed by atoms with Crippen molar-refractivity contribution in [2.24, 2.45) is 0 Å². The van der Waals surface area contributed by atoms with Crippen LogP contribution in [0.2, 0.25) is 0 Å². The maximum Gasteiger partial charge on any atom is 0.273 e. The van der Waals surface area contributed by atoms with E-state index in [-0.39, 0.29) is 11.7 Å². The molecule has 0 aliphatic carbocycles. The summed E-state index contributed by atoms with van der Waals surface area (Å²) < 4.78 is 37.0. The fourth-order valence-corrected chi connectivity index (χ4v) is 1.06. The first-order valence-corrected chi connectivity index (χ1v) is 4.08. The number of alkyl halides is 3. The summed E-state index contributed by atoms with van der Waals surface area (Å²) in [6, 6.07) is 5.73. The standard InChI is InChI=1S/C8H6BrF3.H3N/c9-6-3-1-5(2-4-6)7(10)8(11)12;/h1-4,7-8H;1H3/t7-;/m1./s1. The van der Waals surface area contributed by atoms with E-state index in [0.29, 0.717) is 0 Å². The minimum absolute atomic E-state index is 0. The first-order valence-electron chi connectivity index (χ1n) is 3.29. The van der Waals surface area contributed by atoms with E-state index in [4.69, 9.17) is 0 Å². The molecular formula is C8H9BrF3N. The smallest absolute Gasteiger partial charge is 0.273 e. The number of rotatable bonds is 2. The van der Waals surface area contributed by atoms with E-state index in [2.05, 4.69) is 15.9 Å². The lowest BCUT2D eigenvalue weighted by Crippen LogP contribution is -2.02. The molecule has 0 radical (unpaired) electrons. The third-order valence-corrected chi connectivity index (χ3v) is 1.94. The third-order valence-electron chi connectivity index (χ3n) is 1.41. The Kier molecular flexibility index (Phi) is 5.02. The quantitative estimate of drug-likeness (QED) is 0.855. The highest BCUT2D eigenvalue weighted by Crippen LogP contribution is 2.25. The molecule has 0 unspecified atom stereocenters. The lowest BCUT2D eigenvalue weighted by Gasteiger charge is -2.06. The molecule has 1 nitrogen and oxygen atoms in total. The summed E-state index contributed by atoms with van der Waals surface area (Å²) in [5, 5.41) is 0. The second kappa shape index (κ2) is 5.24. The molecule has 1 atom stereocenters. The van der Waals surface area contributed by atoms with Gasteiger partial charge in [-0.2, -0.15) is 0 Å². The summed E-state index contributed by atoms with van der Waals surface area (Å²) >= 11 is 3.12. The van der Waals surface area contributed by atoms with Crippen LogP contribution < -0.4 is 6.15 Å². The predicted molar refractivity (Wildman–Crippen MR) is 49.0 cm³/mol. The topological polar surface area (TPSA) is 35.0 Å². The Bertz CT molecular complexity index is 250. The molecule has 5 heteroatoms. The molecule has 0 heterocycles. The van der Waals surface area contributed by atoms with Crippen LogP contribution in [0, 0.1) is 0 Å². The van der Waals surface area contributed by atoms with Gasteiger partial charge in [0.25, 0.3) is 6.43 Å². The van der Waals surface area contributed by atoms with Crippen LogP contribution in [-0.4, -0.2) is 6.43 Å². The van der Waals surface area contributed by atoms with Crippen LogP contribution in [0.25, 0.3) is 0 Å². The Labute approximate surface area is 82.7 Å². The van der Waals surface area contributed by atoms with Crippen molar-refractivity contribution in [3.8, 4) is 0 Å². The van der Waals surface area contributed by atoms with E-state index in [0.717, 1.165) is 4.47 Å². The van der Waals surface area contributed by atoms with Crippen molar-refractivity contribution in [3.63, 3.8) is 0 Å². The highest BCUT2D eigenvalue weighted by Gasteiger charge is 2.20. The summed E-state index contributed by atoms with van der Waals surface area (Å²) in [5.74, 6) is 0. The highest BCUT2D eigenvalue weighted by molar-refractivity contribution is 9.10. The van der Waals surface area contributed by atoms with Gasteiger partial charge in [-0.1, -0.05) is 28.1 Å². The van der Waals surface area contributed by atoms with Gasteiger partial charge in [0.05, 0.1) is 0 Å². The number of benzene rings is 1. The Morgan fingerprint density at radius 3 is 1.85 bits per heavy atom. The summed E-state index contributed by atoms with van der Waals surface area (Å²) in [5.41, 5.74) is 0.00759. The Balaban J connectivity index is 0.00000144. The van der Waals surface area contributed by atoms with Crippen LogP contribution in [0.1, 0.15) is 11.7 Å². The first-order chi connectivity index (χ1) is 5.61. The van der Waals surface area contributed by atoms with Crippen molar-refractivity contribution in [2.45, 2.75) is 12.6 Å². The molecule has 0 bridgehead atoms. The van der Waals surface area contributed by atoms with E-state index >= 15 is 0 Å². The van der Waals surface area contributed by atoms with Gasteiger partial charge in [-0.05, 0) is 17.7 Å². The summed E-state index contributed by atoms with van der Waals surface area (Å²) in [7, 11) is 0. The van der Waals surface area contributed by atoms with Gasteiger partial charge in [0.1, 0.15) is 0 Å². The van der Waals surface area contributed by atoms with E-state index < -0.39 is 12.6 Å². The molecule has 0 amide bonds.